The maximum Gasteiger partial charge on any atom is 1.00 e. The fourth-order valence-corrected chi connectivity index (χ4v) is 1.57. The first-order chi connectivity index (χ1) is 7.48. The van der Waals surface area contributed by atoms with E-state index in [-0.39, 0.29) is 57.8 Å². The van der Waals surface area contributed by atoms with Gasteiger partial charge in [-0.2, -0.15) is 17.6 Å². The van der Waals surface area contributed by atoms with Crippen molar-refractivity contribution in [2.75, 3.05) is 0 Å². The van der Waals surface area contributed by atoms with Gasteiger partial charge < -0.3 is 4.55 Å². The van der Waals surface area contributed by atoms with Crippen LogP contribution < -0.4 is 51.4 Å². The predicted molar refractivity (Wildman–Crippen MR) is 48.6 cm³/mol. The largest absolute Gasteiger partial charge is 1.00 e. The van der Waals surface area contributed by atoms with E-state index in [0.717, 1.165) is 0 Å². The summed E-state index contributed by atoms with van der Waals surface area (Å²) >= 11 is 0. The van der Waals surface area contributed by atoms with E-state index in [1.54, 1.807) is 6.92 Å². The number of hydrogen-bond acceptors (Lipinski definition) is 3. The summed E-state index contributed by atoms with van der Waals surface area (Å²) in [5.41, 5.74) is 0. The number of halogens is 5. The minimum atomic E-state index is -6.61. The molecule has 1 unspecified atom stereocenters. The molecule has 0 saturated carbocycles. The molecule has 3 nitrogen and oxygen atoms in total. The second-order valence-electron chi connectivity index (χ2n) is 3.56. The zero-order valence-corrected chi connectivity index (χ0v) is 13.9. The fourth-order valence-electron chi connectivity index (χ4n) is 1.10. The van der Waals surface area contributed by atoms with Crippen molar-refractivity contribution >= 4 is 10.1 Å². The summed E-state index contributed by atoms with van der Waals surface area (Å²) in [7, 11) is -6.61. The van der Waals surface area contributed by atoms with E-state index in [9.17, 15) is 34.9 Å². The van der Waals surface area contributed by atoms with Crippen LogP contribution in [0.25, 0.3) is 0 Å². The molecule has 0 saturated heterocycles. The van der Waals surface area contributed by atoms with Crippen molar-refractivity contribution in [3.8, 4) is 0 Å². The maximum absolute atomic E-state index is 12.9. The molecule has 18 heavy (non-hydrogen) atoms. The van der Waals surface area contributed by atoms with Gasteiger partial charge in [-0.1, -0.05) is 26.2 Å². The van der Waals surface area contributed by atoms with Gasteiger partial charge in [0.15, 0.2) is 16.3 Å². The molecule has 0 aromatic carbocycles. The van der Waals surface area contributed by atoms with Gasteiger partial charge in [-0.25, -0.2) is 12.8 Å². The van der Waals surface area contributed by atoms with E-state index in [4.69, 9.17) is 0 Å². The van der Waals surface area contributed by atoms with E-state index < -0.39 is 33.9 Å². The zero-order chi connectivity index (χ0) is 13.9. The van der Waals surface area contributed by atoms with Crippen LogP contribution in [0.5, 0.6) is 0 Å². The zero-order valence-electron chi connectivity index (χ0n) is 9.93. The average Bonchev–Trinajstić information content (AvgIpc) is 2.15. The summed E-state index contributed by atoms with van der Waals surface area (Å²) in [6.07, 6.45) is -3.50. The summed E-state index contributed by atoms with van der Waals surface area (Å²) in [5.74, 6) is -5.51. The van der Waals surface area contributed by atoms with Gasteiger partial charge >= 0.3 is 62.6 Å². The van der Waals surface area contributed by atoms with Crippen LogP contribution in [0.2, 0.25) is 0 Å². The maximum atomic E-state index is 12.9. The summed E-state index contributed by atoms with van der Waals surface area (Å²) in [6, 6.07) is 0. The van der Waals surface area contributed by atoms with Crippen molar-refractivity contribution in [3.05, 3.63) is 0 Å². The molecule has 0 rings (SSSR count). The first kappa shape index (κ1) is 21.5. The van der Waals surface area contributed by atoms with Gasteiger partial charge in [0.1, 0.15) is 0 Å². The van der Waals surface area contributed by atoms with Crippen LogP contribution in [-0.4, -0.2) is 30.3 Å². The van der Waals surface area contributed by atoms with Crippen molar-refractivity contribution in [1.29, 1.82) is 0 Å². The second-order valence-corrected chi connectivity index (χ2v) is 4.98. The minimum absolute atomic E-state index is 0. The molecule has 0 spiro atoms. The van der Waals surface area contributed by atoms with Crippen LogP contribution in [0.15, 0.2) is 0 Å². The quantitative estimate of drug-likeness (QED) is 0.279. The Labute approximate surface area is 145 Å². The summed E-state index contributed by atoms with van der Waals surface area (Å²) in [4.78, 5) is 0. The molecular weight excluding hydrogens is 310 g/mol. The van der Waals surface area contributed by atoms with E-state index in [0.29, 0.717) is 12.8 Å². The fraction of sp³-hybridized carbons (Fsp3) is 1.00. The third-order valence-corrected chi connectivity index (χ3v) is 3.06. The third kappa shape index (κ3) is 4.95. The first-order valence-electron chi connectivity index (χ1n) is 4.83. The van der Waals surface area contributed by atoms with Crippen LogP contribution in [0, 0.1) is 0 Å². The summed E-state index contributed by atoms with van der Waals surface area (Å²) < 4.78 is 93.6. The first-order valence-corrected chi connectivity index (χ1v) is 6.24. The Morgan fingerprint density at radius 2 is 1.61 bits per heavy atom. The SMILES string of the molecule is CCCCCC(F)C(F)(F)C(F)(F)S(=O)(=O)[O-].[K+]. The van der Waals surface area contributed by atoms with E-state index in [1.165, 1.54) is 0 Å². The normalized spacial score (nSPS) is 15.1. The molecule has 0 aliphatic rings. The molecule has 0 heterocycles. The van der Waals surface area contributed by atoms with E-state index in [2.05, 4.69) is 0 Å². The van der Waals surface area contributed by atoms with Gasteiger partial charge in [-0.15, -0.1) is 0 Å². The Balaban J connectivity index is 0. The van der Waals surface area contributed by atoms with E-state index >= 15 is 0 Å². The molecular formula is C8H12F5KO3S. The van der Waals surface area contributed by atoms with Crippen molar-refractivity contribution in [1.82, 2.24) is 0 Å². The molecule has 0 aliphatic heterocycles. The summed E-state index contributed by atoms with van der Waals surface area (Å²) in [6.45, 7) is 1.68. The minimum Gasteiger partial charge on any atom is -0.743 e. The van der Waals surface area contributed by atoms with Crippen LogP contribution in [0.1, 0.15) is 32.6 Å². The van der Waals surface area contributed by atoms with Gasteiger partial charge in [0.2, 0.25) is 0 Å². The molecule has 0 fully saturated rings. The Bertz CT molecular complexity index is 347. The van der Waals surface area contributed by atoms with Crippen LogP contribution in [0.3, 0.4) is 0 Å². The Kier molecular flexibility index (Phi) is 9.36. The molecule has 0 N–H and O–H groups in total. The average molecular weight is 322 g/mol. The molecule has 0 bridgehead atoms. The van der Waals surface area contributed by atoms with Crippen molar-refractivity contribution in [2.45, 2.75) is 50.0 Å². The van der Waals surface area contributed by atoms with Gasteiger partial charge in [0.05, 0.1) is 0 Å². The smallest absolute Gasteiger partial charge is 0.743 e. The molecule has 1 atom stereocenters. The number of hydrogen-bond donors (Lipinski definition) is 0. The van der Waals surface area contributed by atoms with Crippen molar-refractivity contribution in [3.63, 3.8) is 0 Å². The molecule has 0 aliphatic carbocycles. The third-order valence-electron chi connectivity index (χ3n) is 2.16. The molecule has 0 amide bonds. The molecule has 104 valence electrons. The number of unbranched alkanes of at least 4 members (excludes halogenated alkanes) is 2. The molecule has 0 aromatic rings. The molecule has 10 heteroatoms. The monoisotopic (exact) mass is 322 g/mol. The van der Waals surface area contributed by atoms with Crippen molar-refractivity contribution in [2.24, 2.45) is 0 Å². The van der Waals surface area contributed by atoms with Crippen LogP contribution >= 0.6 is 0 Å². The Morgan fingerprint density at radius 1 is 1.17 bits per heavy atom. The number of alkyl halides is 5. The standard InChI is InChI=1S/C8H13F5O3S.K/c1-2-3-4-5-6(9)7(10,11)8(12,13)17(14,15)16;/h6H,2-5H2,1H3,(H,14,15,16);/q;+1/p-1. The topological polar surface area (TPSA) is 57.2 Å². The van der Waals surface area contributed by atoms with Gasteiger partial charge in [0, 0.05) is 0 Å². The van der Waals surface area contributed by atoms with Crippen LogP contribution in [0.4, 0.5) is 22.0 Å². The van der Waals surface area contributed by atoms with Gasteiger partial charge in [-0.3, -0.25) is 0 Å². The number of rotatable bonds is 7. The predicted octanol–water partition coefficient (Wildman–Crippen LogP) is -0.318. The molecule has 0 radical (unpaired) electrons. The van der Waals surface area contributed by atoms with E-state index in [1.807, 2.05) is 0 Å². The van der Waals surface area contributed by atoms with Gasteiger partial charge in [-0.05, 0) is 6.42 Å². The Hall–Kier alpha value is 1.20. The van der Waals surface area contributed by atoms with Crippen molar-refractivity contribution < 1.29 is 86.3 Å². The summed E-state index contributed by atoms with van der Waals surface area (Å²) in [5, 5.41) is -5.94. The van der Waals surface area contributed by atoms with Gasteiger partial charge in [0.25, 0.3) is 0 Å². The second kappa shape index (κ2) is 7.84. The molecule has 0 aromatic heterocycles. The Morgan fingerprint density at radius 3 is 1.94 bits per heavy atom. The van der Waals surface area contributed by atoms with Crippen LogP contribution in [-0.2, 0) is 10.1 Å².